The lowest BCUT2D eigenvalue weighted by Crippen LogP contribution is -2.25. The Kier molecular flexibility index (Phi) is 4.97. The maximum Gasteiger partial charge on any atom is 0.229 e. The number of hydrogen-bond donors (Lipinski definition) is 1. The molecule has 28 heavy (non-hydrogen) atoms. The van der Waals surface area contributed by atoms with Crippen LogP contribution in [0.15, 0.2) is 55.2 Å². The standard InChI is InChI=1S/C24H25N3O/c1-4-17-6-5-16(2)22(11-17)19-8-7-18-13-23(25-14-21(18)12-19)26-24(28)20-9-10-27(3)15-20/h4-8,11-14,20H,1,9-10,15H2,2-3H3,(H,25,26,28). The minimum atomic E-state index is 0.0463. The third-order valence-electron chi connectivity index (χ3n) is 5.54. The molecule has 142 valence electrons. The molecule has 0 saturated carbocycles. The number of hydrogen-bond acceptors (Lipinski definition) is 3. The molecule has 0 spiro atoms. The van der Waals surface area contributed by atoms with Gasteiger partial charge in [0.1, 0.15) is 5.82 Å². The molecule has 1 aliphatic heterocycles. The van der Waals surface area contributed by atoms with Crippen LogP contribution in [-0.2, 0) is 4.79 Å². The van der Waals surface area contributed by atoms with Crippen molar-refractivity contribution in [1.82, 2.24) is 9.88 Å². The molecule has 0 bridgehead atoms. The molecule has 4 rings (SSSR count). The number of carbonyl (C=O) groups is 1. The lowest BCUT2D eigenvalue weighted by Gasteiger charge is -2.12. The van der Waals surface area contributed by atoms with Gasteiger partial charge in [-0.15, -0.1) is 0 Å². The maximum atomic E-state index is 12.4. The molecule has 1 unspecified atom stereocenters. The third kappa shape index (κ3) is 3.69. The summed E-state index contributed by atoms with van der Waals surface area (Å²) >= 11 is 0. The van der Waals surface area contributed by atoms with Gasteiger partial charge in [-0.1, -0.05) is 36.9 Å². The predicted octanol–water partition coefficient (Wildman–Crippen LogP) is 4.74. The van der Waals surface area contributed by atoms with E-state index in [1.807, 2.05) is 25.4 Å². The molecule has 0 aliphatic carbocycles. The van der Waals surface area contributed by atoms with Crippen LogP contribution >= 0.6 is 0 Å². The number of benzene rings is 2. The van der Waals surface area contributed by atoms with E-state index in [1.165, 1.54) is 11.1 Å². The molecule has 4 heteroatoms. The molecule has 0 radical (unpaired) electrons. The SMILES string of the molecule is C=Cc1ccc(C)c(-c2ccc3cc(NC(=O)C4CCN(C)C4)ncc3c2)c1. The second-order valence-corrected chi connectivity index (χ2v) is 7.65. The topological polar surface area (TPSA) is 45.2 Å². The highest BCUT2D eigenvalue weighted by Crippen LogP contribution is 2.29. The van der Waals surface area contributed by atoms with Crippen molar-refractivity contribution in [1.29, 1.82) is 0 Å². The van der Waals surface area contributed by atoms with Gasteiger partial charge in [-0.2, -0.15) is 0 Å². The summed E-state index contributed by atoms with van der Waals surface area (Å²) in [7, 11) is 2.05. The van der Waals surface area contributed by atoms with Gasteiger partial charge in [0.2, 0.25) is 5.91 Å². The minimum absolute atomic E-state index is 0.0463. The molecule has 1 amide bonds. The number of nitrogens with one attached hydrogen (secondary N) is 1. The highest BCUT2D eigenvalue weighted by molar-refractivity contribution is 5.95. The number of rotatable bonds is 4. The lowest BCUT2D eigenvalue weighted by atomic mass is 9.96. The fraction of sp³-hybridized carbons (Fsp3) is 0.250. The van der Waals surface area contributed by atoms with Crippen LogP contribution in [0, 0.1) is 12.8 Å². The van der Waals surface area contributed by atoms with Crippen molar-refractivity contribution in [3.05, 3.63) is 66.4 Å². The summed E-state index contributed by atoms with van der Waals surface area (Å²) < 4.78 is 0. The molecule has 3 aromatic rings. The van der Waals surface area contributed by atoms with Crippen molar-refractivity contribution in [3.8, 4) is 11.1 Å². The number of amides is 1. The summed E-state index contributed by atoms with van der Waals surface area (Å²) in [5, 5.41) is 5.10. The molecule has 1 aliphatic rings. The summed E-state index contributed by atoms with van der Waals surface area (Å²) in [4.78, 5) is 19.1. The van der Waals surface area contributed by atoms with Crippen molar-refractivity contribution < 1.29 is 4.79 Å². The van der Waals surface area contributed by atoms with Crippen LogP contribution < -0.4 is 5.32 Å². The average molecular weight is 371 g/mol. The first-order valence-electron chi connectivity index (χ1n) is 9.66. The average Bonchev–Trinajstić information content (AvgIpc) is 3.14. The molecule has 1 atom stereocenters. The normalized spacial score (nSPS) is 17.0. The fourth-order valence-electron chi connectivity index (χ4n) is 3.83. The van der Waals surface area contributed by atoms with Gasteiger partial charge in [-0.05, 0) is 72.8 Å². The van der Waals surface area contributed by atoms with Gasteiger partial charge in [0, 0.05) is 18.1 Å². The number of nitrogens with zero attached hydrogens (tertiary/aromatic N) is 2. The third-order valence-corrected chi connectivity index (χ3v) is 5.54. The molecule has 1 N–H and O–H groups in total. The Hall–Kier alpha value is -2.98. The smallest absolute Gasteiger partial charge is 0.229 e. The zero-order chi connectivity index (χ0) is 19.7. The Labute approximate surface area is 165 Å². The number of aromatic nitrogens is 1. The van der Waals surface area contributed by atoms with Crippen LogP contribution in [-0.4, -0.2) is 35.9 Å². The van der Waals surface area contributed by atoms with Crippen molar-refractivity contribution >= 4 is 28.6 Å². The molecular formula is C24H25N3O. The Morgan fingerprint density at radius 3 is 2.82 bits per heavy atom. The maximum absolute atomic E-state index is 12.4. The van der Waals surface area contributed by atoms with E-state index in [0.29, 0.717) is 5.82 Å². The summed E-state index contributed by atoms with van der Waals surface area (Å²) in [6, 6.07) is 14.7. The van der Waals surface area contributed by atoms with Crippen LogP contribution in [0.3, 0.4) is 0 Å². The van der Waals surface area contributed by atoms with E-state index < -0.39 is 0 Å². The van der Waals surface area contributed by atoms with Crippen molar-refractivity contribution in [2.24, 2.45) is 5.92 Å². The molecule has 2 aromatic carbocycles. The zero-order valence-electron chi connectivity index (χ0n) is 16.4. The van der Waals surface area contributed by atoms with E-state index in [0.717, 1.165) is 41.4 Å². The highest BCUT2D eigenvalue weighted by Gasteiger charge is 2.26. The van der Waals surface area contributed by atoms with Gasteiger partial charge >= 0.3 is 0 Å². The van der Waals surface area contributed by atoms with Crippen molar-refractivity contribution in [3.63, 3.8) is 0 Å². The first-order valence-corrected chi connectivity index (χ1v) is 9.66. The zero-order valence-corrected chi connectivity index (χ0v) is 16.4. The Morgan fingerprint density at radius 2 is 2.07 bits per heavy atom. The second-order valence-electron chi connectivity index (χ2n) is 7.65. The Morgan fingerprint density at radius 1 is 1.21 bits per heavy atom. The number of likely N-dealkylation sites (tertiary alicyclic amines) is 1. The van der Waals surface area contributed by atoms with E-state index in [2.05, 4.69) is 65.1 Å². The van der Waals surface area contributed by atoms with E-state index in [1.54, 1.807) is 0 Å². The number of carbonyl (C=O) groups excluding carboxylic acids is 1. The van der Waals surface area contributed by atoms with E-state index >= 15 is 0 Å². The Bertz CT molecular complexity index is 1060. The summed E-state index contributed by atoms with van der Waals surface area (Å²) in [6.45, 7) is 7.76. The van der Waals surface area contributed by atoms with Crippen LogP contribution in [0.5, 0.6) is 0 Å². The second kappa shape index (κ2) is 7.56. The summed E-state index contributed by atoms with van der Waals surface area (Å²) in [6.07, 6.45) is 4.60. The quantitative estimate of drug-likeness (QED) is 0.720. The van der Waals surface area contributed by atoms with Gasteiger partial charge in [-0.3, -0.25) is 4.79 Å². The predicted molar refractivity (Wildman–Crippen MR) is 116 cm³/mol. The molecule has 1 aromatic heterocycles. The summed E-state index contributed by atoms with van der Waals surface area (Å²) in [5.41, 5.74) is 4.68. The van der Waals surface area contributed by atoms with Crippen LogP contribution in [0.1, 0.15) is 17.5 Å². The highest BCUT2D eigenvalue weighted by atomic mass is 16.2. The number of fused-ring (bicyclic) bond motifs is 1. The van der Waals surface area contributed by atoms with Gasteiger partial charge in [0.25, 0.3) is 0 Å². The molecule has 1 saturated heterocycles. The minimum Gasteiger partial charge on any atom is -0.310 e. The molecule has 1 fully saturated rings. The fourth-order valence-corrected chi connectivity index (χ4v) is 3.83. The summed E-state index contributed by atoms with van der Waals surface area (Å²) in [5.74, 6) is 0.722. The first-order chi connectivity index (χ1) is 13.5. The van der Waals surface area contributed by atoms with Crippen LogP contribution in [0.25, 0.3) is 28.0 Å². The van der Waals surface area contributed by atoms with Crippen molar-refractivity contribution in [2.75, 3.05) is 25.5 Å². The van der Waals surface area contributed by atoms with Gasteiger partial charge < -0.3 is 10.2 Å². The lowest BCUT2D eigenvalue weighted by molar-refractivity contribution is -0.119. The number of anilines is 1. The van der Waals surface area contributed by atoms with Gasteiger partial charge in [-0.25, -0.2) is 4.98 Å². The molecule has 2 heterocycles. The molecule has 4 nitrogen and oxygen atoms in total. The van der Waals surface area contributed by atoms with Gasteiger partial charge in [0.15, 0.2) is 0 Å². The van der Waals surface area contributed by atoms with Gasteiger partial charge in [0.05, 0.1) is 5.92 Å². The van der Waals surface area contributed by atoms with E-state index in [-0.39, 0.29) is 11.8 Å². The van der Waals surface area contributed by atoms with E-state index in [9.17, 15) is 4.79 Å². The first kappa shape index (κ1) is 18.4. The number of pyridine rings is 1. The Balaban J connectivity index is 1.59. The van der Waals surface area contributed by atoms with E-state index in [4.69, 9.17) is 0 Å². The van der Waals surface area contributed by atoms with Crippen LogP contribution in [0.2, 0.25) is 0 Å². The van der Waals surface area contributed by atoms with Crippen LogP contribution in [0.4, 0.5) is 5.82 Å². The van der Waals surface area contributed by atoms with Crippen molar-refractivity contribution in [2.45, 2.75) is 13.3 Å². The monoisotopic (exact) mass is 371 g/mol. The largest absolute Gasteiger partial charge is 0.310 e. The number of aryl methyl sites for hydroxylation is 1. The molecular weight excluding hydrogens is 346 g/mol.